The number of aliphatic imine (C=N–C) groups is 1. The Kier molecular flexibility index (Phi) is 5.86. The number of carbonyl (C=O) groups excluding carboxylic acids is 1. The first-order valence-corrected chi connectivity index (χ1v) is 10.2. The normalized spacial score (nSPS) is 16.3. The molecular weight excluding hydrogens is 396 g/mol. The fraction of sp³-hybridized carbons (Fsp3) is 0.0833. The molecule has 1 aliphatic rings. The summed E-state index contributed by atoms with van der Waals surface area (Å²) in [7, 11) is 3.24. The Balaban J connectivity index is 1.73. The van der Waals surface area contributed by atoms with Gasteiger partial charge in [0.25, 0.3) is 5.91 Å². The SMILES string of the molecule is COc1ccc(/C=C2\SC(=Nc3ccccc3)N(c3ccc(OC)cc3)C2=O)cc1. The Hall–Kier alpha value is -3.51. The highest BCUT2D eigenvalue weighted by molar-refractivity contribution is 8.19. The number of rotatable bonds is 5. The molecule has 3 aromatic carbocycles. The lowest BCUT2D eigenvalue weighted by atomic mass is 10.2. The maximum absolute atomic E-state index is 13.3. The van der Waals surface area contributed by atoms with Gasteiger partial charge in [-0.25, -0.2) is 4.99 Å². The number of nitrogens with zero attached hydrogens (tertiary/aromatic N) is 2. The highest BCUT2D eigenvalue weighted by Crippen LogP contribution is 2.37. The molecule has 30 heavy (non-hydrogen) atoms. The van der Waals surface area contributed by atoms with Crippen molar-refractivity contribution in [1.82, 2.24) is 0 Å². The summed E-state index contributed by atoms with van der Waals surface area (Å²) < 4.78 is 10.4. The summed E-state index contributed by atoms with van der Waals surface area (Å²) in [5.74, 6) is 1.39. The van der Waals surface area contributed by atoms with Crippen molar-refractivity contribution in [3.8, 4) is 11.5 Å². The van der Waals surface area contributed by atoms with Gasteiger partial charge in [-0.3, -0.25) is 9.69 Å². The number of hydrogen-bond donors (Lipinski definition) is 0. The predicted molar refractivity (Wildman–Crippen MR) is 123 cm³/mol. The lowest BCUT2D eigenvalue weighted by Crippen LogP contribution is -2.28. The number of methoxy groups -OCH3 is 2. The van der Waals surface area contributed by atoms with Crippen LogP contribution in [-0.4, -0.2) is 25.3 Å². The Labute approximate surface area is 179 Å². The van der Waals surface area contributed by atoms with Gasteiger partial charge in [-0.05, 0) is 71.9 Å². The quantitative estimate of drug-likeness (QED) is 0.515. The molecule has 0 saturated carbocycles. The number of hydrogen-bond acceptors (Lipinski definition) is 5. The van der Waals surface area contributed by atoms with Crippen molar-refractivity contribution in [1.29, 1.82) is 0 Å². The van der Waals surface area contributed by atoms with Crippen LogP contribution in [0.1, 0.15) is 5.56 Å². The summed E-state index contributed by atoms with van der Waals surface area (Å²) in [6, 6.07) is 24.6. The van der Waals surface area contributed by atoms with Crippen molar-refractivity contribution < 1.29 is 14.3 Å². The number of para-hydroxylation sites is 1. The highest BCUT2D eigenvalue weighted by Gasteiger charge is 2.34. The molecule has 0 N–H and O–H groups in total. The molecule has 6 heteroatoms. The zero-order valence-electron chi connectivity index (χ0n) is 16.6. The van der Waals surface area contributed by atoms with Crippen molar-refractivity contribution in [3.63, 3.8) is 0 Å². The van der Waals surface area contributed by atoms with Crippen LogP contribution in [0.2, 0.25) is 0 Å². The van der Waals surface area contributed by atoms with E-state index in [1.54, 1.807) is 19.1 Å². The molecule has 1 heterocycles. The van der Waals surface area contributed by atoms with Gasteiger partial charge >= 0.3 is 0 Å². The lowest BCUT2D eigenvalue weighted by Gasteiger charge is -2.16. The van der Waals surface area contributed by atoms with Gasteiger partial charge in [0.05, 0.1) is 30.5 Å². The van der Waals surface area contributed by atoms with Crippen LogP contribution in [0.15, 0.2) is 88.8 Å². The van der Waals surface area contributed by atoms with Crippen LogP contribution < -0.4 is 14.4 Å². The van der Waals surface area contributed by atoms with Crippen LogP contribution in [0.4, 0.5) is 11.4 Å². The smallest absolute Gasteiger partial charge is 0.271 e. The second-order valence-corrected chi connectivity index (χ2v) is 7.46. The van der Waals surface area contributed by atoms with E-state index in [1.165, 1.54) is 11.8 Å². The molecule has 1 fully saturated rings. The van der Waals surface area contributed by atoms with Crippen LogP contribution in [0.25, 0.3) is 6.08 Å². The van der Waals surface area contributed by atoms with Crippen molar-refractivity contribution in [2.24, 2.45) is 4.99 Å². The highest BCUT2D eigenvalue weighted by atomic mass is 32.2. The summed E-state index contributed by atoms with van der Waals surface area (Å²) in [5.41, 5.74) is 2.44. The summed E-state index contributed by atoms with van der Waals surface area (Å²) in [5, 5.41) is 0.608. The van der Waals surface area contributed by atoms with Gasteiger partial charge < -0.3 is 9.47 Å². The van der Waals surface area contributed by atoms with E-state index in [9.17, 15) is 4.79 Å². The van der Waals surface area contributed by atoms with Gasteiger partial charge in [-0.2, -0.15) is 0 Å². The average Bonchev–Trinajstić information content (AvgIpc) is 3.09. The van der Waals surface area contributed by atoms with Crippen LogP contribution in [-0.2, 0) is 4.79 Å². The average molecular weight is 417 g/mol. The van der Waals surface area contributed by atoms with Gasteiger partial charge in [-0.15, -0.1) is 0 Å². The Bertz CT molecular complexity index is 1090. The van der Waals surface area contributed by atoms with E-state index < -0.39 is 0 Å². The third kappa shape index (κ3) is 4.23. The summed E-state index contributed by atoms with van der Waals surface area (Å²) in [6.07, 6.45) is 1.87. The first-order chi connectivity index (χ1) is 14.7. The first kappa shape index (κ1) is 19.8. The topological polar surface area (TPSA) is 51.1 Å². The van der Waals surface area contributed by atoms with Crippen LogP contribution >= 0.6 is 11.8 Å². The molecule has 3 aromatic rings. The van der Waals surface area contributed by atoms with Crippen molar-refractivity contribution in [3.05, 3.63) is 89.3 Å². The Morgan fingerprint density at radius 3 is 2.03 bits per heavy atom. The Morgan fingerprint density at radius 2 is 1.43 bits per heavy atom. The molecule has 1 aliphatic heterocycles. The van der Waals surface area contributed by atoms with E-state index in [-0.39, 0.29) is 5.91 Å². The number of amidine groups is 1. The summed E-state index contributed by atoms with van der Waals surface area (Å²) in [6.45, 7) is 0. The van der Waals surface area contributed by atoms with Gasteiger partial charge in [0, 0.05) is 0 Å². The third-order valence-corrected chi connectivity index (χ3v) is 5.50. The minimum absolute atomic E-state index is 0.115. The molecule has 0 spiro atoms. The van der Waals surface area contributed by atoms with Crippen molar-refractivity contribution >= 4 is 40.3 Å². The van der Waals surface area contributed by atoms with Crippen molar-refractivity contribution in [2.75, 3.05) is 19.1 Å². The van der Waals surface area contributed by atoms with Gasteiger partial charge in [0.2, 0.25) is 0 Å². The number of ether oxygens (including phenoxy) is 2. The molecule has 0 aromatic heterocycles. The van der Waals surface area contributed by atoms with Crippen LogP contribution in [0.3, 0.4) is 0 Å². The van der Waals surface area contributed by atoms with E-state index >= 15 is 0 Å². The maximum atomic E-state index is 13.3. The van der Waals surface area contributed by atoms with Gasteiger partial charge in [-0.1, -0.05) is 30.3 Å². The number of amides is 1. The van der Waals surface area contributed by atoms with E-state index in [2.05, 4.69) is 0 Å². The largest absolute Gasteiger partial charge is 0.497 e. The molecular formula is C24H20N2O3S. The fourth-order valence-electron chi connectivity index (χ4n) is 2.97. The molecule has 150 valence electrons. The molecule has 1 amide bonds. The Morgan fingerprint density at radius 1 is 0.833 bits per heavy atom. The summed E-state index contributed by atoms with van der Waals surface area (Å²) in [4.78, 5) is 20.2. The van der Waals surface area contributed by atoms with Gasteiger partial charge in [0.1, 0.15) is 11.5 Å². The molecule has 1 saturated heterocycles. The van der Waals surface area contributed by atoms with Crippen LogP contribution in [0.5, 0.6) is 11.5 Å². The second kappa shape index (κ2) is 8.88. The molecule has 0 atom stereocenters. The van der Waals surface area contributed by atoms with E-state index in [0.717, 1.165) is 28.4 Å². The van der Waals surface area contributed by atoms with E-state index in [4.69, 9.17) is 14.5 Å². The zero-order valence-corrected chi connectivity index (χ0v) is 17.4. The molecule has 0 aliphatic carbocycles. The van der Waals surface area contributed by atoms with Crippen LogP contribution in [0, 0.1) is 0 Å². The standard InChI is InChI=1S/C24H20N2O3S/c1-28-20-12-8-17(9-13-20)16-22-23(27)26(19-10-14-21(29-2)15-11-19)24(30-22)25-18-6-4-3-5-7-18/h3-16H,1-2H3/b22-16-,25-24?. The zero-order chi connectivity index (χ0) is 20.9. The predicted octanol–water partition coefficient (Wildman–Crippen LogP) is 5.51. The molecule has 4 rings (SSSR count). The number of carbonyl (C=O) groups is 1. The second-order valence-electron chi connectivity index (χ2n) is 6.45. The number of anilines is 1. The maximum Gasteiger partial charge on any atom is 0.271 e. The first-order valence-electron chi connectivity index (χ1n) is 9.34. The number of benzene rings is 3. The molecule has 0 bridgehead atoms. The monoisotopic (exact) mass is 416 g/mol. The minimum Gasteiger partial charge on any atom is -0.497 e. The van der Waals surface area contributed by atoms with E-state index in [0.29, 0.717) is 10.1 Å². The van der Waals surface area contributed by atoms with Crippen molar-refractivity contribution in [2.45, 2.75) is 0 Å². The fourth-order valence-corrected chi connectivity index (χ4v) is 3.97. The number of thioether (sulfide) groups is 1. The lowest BCUT2D eigenvalue weighted by molar-refractivity contribution is -0.113. The molecule has 0 radical (unpaired) electrons. The molecule has 5 nitrogen and oxygen atoms in total. The van der Waals surface area contributed by atoms with Gasteiger partial charge in [0.15, 0.2) is 5.17 Å². The van der Waals surface area contributed by atoms with E-state index in [1.807, 2.05) is 84.9 Å². The molecule has 0 unspecified atom stereocenters. The summed E-state index contributed by atoms with van der Waals surface area (Å²) >= 11 is 1.36. The third-order valence-electron chi connectivity index (χ3n) is 4.53. The minimum atomic E-state index is -0.115.